The summed E-state index contributed by atoms with van der Waals surface area (Å²) in [6.45, 7) is 3.98. The lowest BCUT2D eigenvalue weighted by Crippen LogP contribution is -2.28. The molecule has 0 aromatic carbocycles. The number of piperidine rings is 1. The van der Waals surface area contributed by atoms with Gasteiger partial charge >= 0.3 is 6.18 Å². The van der Waals surface area contributed by atoms with E-state index >= 15 is 0 Å². The Bertz CT molecular complexity index is 1180. The Morgan fingerprint density at radius 1 is 1.25 bits per heavy atom. The van der Waals surface area contributed by atoms with E-state index < -0.39 is 23.7 Å². The SMILES string of the molecule is Cc1cc(C(F)(F)F)nc2sc(C(N)=O)c(NC(=O)c3ccc(CN4CCCCC4)o3)c12. The Morgan fingerprint density at radius 3 is 2.62 bits per heavy atom. The molecule has 0 aliphatic carbocycles. The van der Waals surface area contributed by atoms with E-state index in [1.54, 1.807) is 6.07 Å². The maximum Gasteiger partial charge on any atom is 0.433 e. The van der Waals surface area contributed by atoms with E-state index in [0.29, 0.717) is 23.6 Å². The van der Waals surface area contributed by atoms with Gasteiger partial charge in [-0.25, -0.2) is 4.98 Å². The Hall–Kier alpha value is -2.92. The molecule has 1 saturated heterocycles. The van der Waals surface area contributed by atoms with Crippen LogP contribution in [0.3, 0.4) is 0 Å². The maximum atomic E-state index is 13.1. The zero-order chi connectivity index (χ0) is 23.0. The summed E-state index contributed by atoms with van der Waals surface area (Å²) in [5, 5.41) is 2.83. The minimum atomic E-state index is -4.64. The van der Waals surface area contributed by atoms with Crippen LogP contribution < -0.4 is 11.1 Å². The first-order valence-corrected chi connectivity index (χ1v) is 10.9. The molecule has 3 aromatic rings. The number of carbonyl (C=O) groups is 2. The summed E-state index contributed by atoms with van der Waals surface area (Å²) >= 11 is 0.704. The summed E-state index contributed by atoms with van der Waals surface area (Å²) in [6, 6.07) is 4.12. The zero-order valence-electron chi connectivity index (χ0n) is 17.2. The molecule has 0 unspecified atom stereocenters. The van der Waals surface area contributed by atoms with Crippen LogP contribution in [0.1, 0.15) is 56.5 Å². The van der Waals surface area contributed by atoms with E-state index in [1.165, 1.54) is 19.4 Å². The number of primary amides is 1. The highest BCUT2D eigenvalue weighted by Gasteiger charge is 2.34. The highest BCUT2D eigenvalue weighted by atomic mass is 32.1. The zero-order valence-corrected chi connectivity index (χ0v) is 18.0. The van der Waals surface area contributed by atoms with Crippen molar-refractivity contribution < 1.29 is 27.2 Å². The monoisotopic (exact) mass is 466 g/mol. The lowest BCUT2D eigenvalue weighted by molar-refractivity contribution is -0.141. The van der Waals surface area contributed by atoms with Gasteiger partial charge in [-0.2, -0.15) is 13.2 Å². The molecular weight excluding hydrogens is 445 g/mol. The second-order valence-corrected chi connectivity index (χ2v) is 8.73. The van der Waals surface area contributed by atoms with E-state index in [0.717, 1.165) is 32.0 Å². The van der Waals surface area contributed by atoms with Crippen LogP contribution in [0.2, 0.25) is 0 Å². The highest BCUT2D eigenvalue weighted by molar-refractivity contribution is 7.21. The number of thiophene rings is 1. The van der Waals surface area contributed by atoms with Gasteiger partial charge in [-0.05, 0) is 56.6 Å². The Morgan fingerprint density at radius 2 is 1.97 bits per heavy atom. The van der Waals surface area contributed by atoms with Crippen LogP contribution in [0.25, 0.3) is 10.2 Å². The van der Waals surface area contributed by atoms with Crippen LogP contribution in [0.15, 0.2) is 22.6 Å². The molecule has 1 aliphatic rings. The number of fused-ring (bicyclic) bond motifs is 1. The van der Waals surface area contributed by atoms with Gasteiger partial charge in [-0.1, -0.05) is 6.42 Å². The molecule has 7 nitrogen and oxygen atoms in total. The molecule has 0 bridgehead atoms. The van der Waals surface area contributed by atoms with Crippen LogP contribution >= 0.6 is 11.3 Å². The van der Waals surface area contributed by atoms with Crippen molar-refractivity contribution in [2.75, 3.05) is 18.4 Å². The van der Waals surface area contributed by atoms with E-state index in [2.05, 4.69) is 15.2 Å². The molecule has 3 aromatic heterocycles. The van der Waals surface area contributed by atoms with Crippen molar-refractivity contribution in [2.24, 2.45) is 5.73 Å². The van der Waals surface area contributed by atoms with Gasteiger partial charge in [0.1, 0.15) is 21.2 Å². The number of halogens is 3. The van der Waals surface area contributed by atoms with Gasteiger partial charge in [-0.3, -0.25) is 14.5 Å². The van der Waals surface area contributed by atoms with Crippen LogP contribution in [0.4, 0.5) is 18.9 Å². The van der Waals surface area contributed by atoms with Crippen LogP contribution in [0, 0.1) is 6.92 Å². The first-order valence-electron chi connectivity index (χ1n) is 10.1. The number of likely N-dealkylation sites (tertiary alicyclic amines) is 1. The highest BCUT2D eigenvalue weighted by Crippen LogP contribution is 2.40. The van der Waals surface area contributed by atoms with Gasteiger partial charge in [0.15, 0.2) is 5.76 Å². The minimum Gasteiger partial charge on any atom is -0.455 e. The minimum absolute atomic E-state index is 0.0318. The molecule has 32 heavy (non-hydrogen) atoms. The molecular formula is C21H21F3N4O3S. The second kappa shape index (κ2) is 8.55. The van der Waals surface area contributed by atoms with Crippen molar-refractivity contribution in [3.63, 3.8) is 0 Å². The number of pyridine rings is 1. The predicted molar refractivity (Wildman–Crippen MR) is 114 cm³/mol. The summed E-state index contributed by atoms with van der Waals surface area (Å²) in [5.41, 5.74) is 4.59. The van der Waals surface area contributed by atoms with Gasteiger partial charge in [0, 0.05) is 5.39 Å². The van der Waals surface area contributed by atoms with Crippen LogP contribution in [-0.4, -0.2) is 34.8 Å². The van der Waals surface area contributed by atoms with Crippen LogP contribution in [0.5, 0.6) is 0 Å². The number of hydrogen-bond donors (Lipinski definition) is 2. The van der Waals surface area contributed by atoms with Crippen molar-refractivity contribution >= 4 is 39.1 Å². The van der Waals surface area contributed by atoms with Gasteiger partial charge in [0.2, 0.25) is 0 Å². The number of nitrogens with one attached hydrogen (secondary N) is 1. The van der Waals surface area contributed by atoms with E-state index in [-0.39, 0.29) is 32.1 Å². The smallest absolute Gasteiger partial charge is 0.433 e. The van der Waals surface area contributed by atoms with Crippen molar-refractivity contribution in [1.29, 1.82) is 0 Å². The van der Waals surface area contributed by atoms with Crippen molar-refractivity contribution in [3.8, 4) is 0 Å². The molecule has 4 rings (SSSR count). The predicted octanol–water partition coefficient (Wildman–Crippen LogP) is 4.55. The number of amides is 2. The quantitative estimate of drug-likeness (QED) is 0.574. The van der Waals surface area contributed by atoms with E-state index in [1.807, 2.05) is 0 Å². The third-order valence-corrected chi connectivity index (χ3v) is 6.42. The summed E-state index contributed by atoms with van der Waals surface area (Å²) in [6.07, 6.45) is -1.19. The van der Waals surface area contributed by atoms with Crippen molar-refractivity contribution in [1.82, 2.24) is 9.88 Å². The second-order valence-electron chi connectivity index (χ2n) is 7.73. The maximum absolute atomic E-state index is 13.1. The number of alkyl halides is 3. The number of nitrogens with two attached hydrogens (primary N) is 1. The molecule has 3 N–H and O–H groups in total. The third-order valence-electron chi connectivity index (χ3n) is 5.33. The summed E-state index contributed by atoms with van der Waals surface area (Å²) in [5.74, 6) is -0.836. The molecule has 4 heterocycles. The number of anilines is 1. The molecule has 0 spiro atoms. The third kappa shape index (κ3) is 4.49. The first-order chi connectivity index (χ1) is 15.1. The van der Waals surface area contributed by atoms with Crippen molar-refractivity contribution in [2.45, 2.75) is 38.9 Å². The average molecular weight is 466 g/mol. The van der Waals surface area contributed by atoms with E-state index in [4.69, 9.17) is 10.2 Å². The number of nitrogens with zero attached hydrogens (tertiary/aromatic N) is 2. The number of aromatic nitrogens is 1. The number of furan rings is 1. The number of hydrogen-bond acceptors (Lipinski definition) is 6. The summed E-state index contributed by atoms with van der Waals surface area (Å²) in [7, 11) is 0. The number of carbonyl (C=O) groups excluding carboxylic acids is 2. The molecule has 1 fully saturated rings. The van der Waals surface area contributed by atoms with Crippen LogP contribution in [-0.2, 0) is 12.7 Å². The Kier molecular flexibility index (Phi) is 5.95. The molecule has 2 amide bonds. The van der Waals surface area contributed by atoms with E-state index in [9.17, 15) is 22.8 Å². The molecule has 11 heteroatoms. The lowest BCUT2D eigenvalue weighted by Gasteiger charge is -2.25. The summed E-state index contributed by atoms with van der Waals surface area (Å²) < 4.78 is 45.1. The van der Waals surface area contributed by atoms with Gasteiger partial charge in [0.05, 0.1) is 12.2 Å². The molecule has 1 aliphatic heterocycles. The lowest BCUT2D eigenvalue weighted by atomic mass is 10.1. The first kappa shape index (κ1) is 22.3. The fraction of sp³-hybridized carbons (Fsp3) is 0.381. The molecule has 170 valence electrons. The van der Waals surface area contributed by atoms with Gasteiger partial charge in [0.25, 0.3) is 11.8 Å². The summed E-state index contributed by atoms with van der Waals surface area (Å²) in [4.78, 5) is 30.5. The van der Waals surface area contributed by atoms with Gasteiger partial charge < -0.3 is 15.5 Å². The fourth-order valence-corrected chi connectivity index (χ4v) is 4.88. The van der Waals surface area contributed by atoms with Crippen molar-refractivity contribution in [3.05, 3.63) is 45.9 Å². The molecule has 0 saturated carbocycles. The average Bonchev–Trinajstić information content (AvgIpc) is 3.33. The molecule has 0 atom stereocenters. The number of rotatable bonds is 5. The standard InChI is InChI=1S/C21H21F3N4O3S/c1-11-9-14(21(22,23)24)26-20-15(11)16(17(32-20)18(25)29)27-19(30)13-6-5-12(31-13)10-28-7-3-2-4-8-28/h5-6,9H,2-4,7-8,10H2,1H3,(H2,25,29)(H,27,30). The number of aryl methyl sites for hydroxylation is 1. The topological polar surface area (TPSA) is 101 Å². The largest absolute Gasteiger partial charge is 0.455 e. The normalized spacial score (nSPS) is 15.2. The van der Waals surface area contributed by atoms with Gasteiger partial charge in [-0.15, -0.1) is 11.3 Å². The molecule has 0 radical (unpaired) electrons. The Labute approximate surface area is 185 Å². The Balaban J connectivity index is 1.62. The fourth-order valence-electron chi connectivity index (χ4n) is 3.82.